The zero-order valence-corrected chi connectivity index (χ0v) is 12.0. The molecule has 0 aliphatic carbocycles. The van der Waals surface area contributed by atoms with Crippen LogP contribution in [0, 0.1) is 5.92 Å². The van der Waals surface area contributed by atoms with Gasteiger partial charge in [0.15, 0.2) is 0 Å². The number of rotatable bonds is 7. The van der Waals surface area contributed by atoms with Crippen molar-refractivity contribution in [2.45, 2.75) is 59.2 Å². The third kappa shape index (κ3) is 5.09. The molecule has 0 aliphatic rings. The van der Waals surface area contributed by atoms with Crippen LogP contribution in [0.1, 0.15) is 58.6 Å². The molecule has 0 spiro atoms. The molecular weight excluding hydrogens is 224 g/mol. The van der Waals surface area contributed by atoms with E-state index >= 15 is 0 Å². The molecule has 102 valence electrons. The second-order valence-corrected chi connectivity index (χ2v) is 5.38. The molecule has 1 rings (SSSR count). The van der Waals surface area contributed by atoms with Crippen molar-refractivity contribution in [3.63, 3.8) is 0 Å². The summed E-state index contributed by atoms with van der Waals surface area (Å²) in [5.74, 6) is 1.39. The lowest BCUT2D eigenvalue weighted by Gasteiger charge is -2.17. The first kappa shape index (κ1) is 15.0. The summed E-state index contributed by atoms with van der Waals surface area (Å²) in [6.07, 6.45) is 2.93. The highest BCUT2D eigenvalue weighted by Crippen LogP contribution is 2.26. The maximum absolute atomic E-state index is 10.2. The molecule has 1 N–H and O–H groups in total. The highest BCUT2D eigenvalue weighted by molar-refractivity contribution is 5.30. The minimum absolute atomic E-state index is 0.163. The van der Waals surface area contributed by atoms with Crippen LogP contribution in [0.4, 0.5) is 0 Å². The Morgan fingerprint density at radius 2 is 1.94 bits per heavy atom. The van der Waals surface area contributed by atoms with E-state index in [-0.39, 0.29) is 12.2 Å². The summed E-state index contributed by atoms with van der Waals surface area (Å²) in [5.41, 5.74) is 0.955. The Hall–Kier alpha value is -1.02. The van der Waals surface area contributed by atoms with Gasteiger partial charge >= 0.3 is 0 Å². The number of aliphatic hydroxyl groups is 1. The van der Waals surface area contributed by atoms with Gasteiger partial charge in [-0.15, -0.1) is 0 Å². The van der Waals surface area contributed by atoms with Crippen molar-refractivity contribution in [1.29, 1.82) is 0 Å². The predicted octanol–water partition coefficient (Wildman–Crippen LogP) is 4.33. The first-order valence-corrected chi connectivity index (χ1v) is 6.97. The molecule has 0 aromatic heterocycles. The van der Waals surface area contributed by atoms with Crippen molar-refractivity contribution in [1.82, 2.24) is 0 Å². The lowest BCUT2D eigenvalue weighted by atomic mass is 9.95. The summed E-state index contributed by atoms with van der Waals surface area (Å²) in [7, 11) is 0. The molecular formula is C16H26O2. The van der Waals surface area contributed by atoms with E-state index in [4.69, 9.17) is 4.74 Å². The average Bonchev–Trinajstić information content (AvgIpc) is 2.28. The lowest BCUT2D eigenvalue weighted by Crippen LogP contribution is -2.07. The summed E-state index contributed by atoms with van der Waals surface area (Å²) in [6, 6.07) is 7.80. The van der Waals surface area contributed by atoms with Crippen molar-refractivity contribution in [3.05, 3.63) is 29.8 Å². The van der Waals surface area contributed by atoms with E-state index in [1.165, 1.54) is 12.8 Å². The van der Waals surface area contributed by atoms with Gasteiger partial charge in [-0.3, -0.25) is 0 Å². The maximum Gasteiger partial charge on any atom is 0.120 e. The van der Waals surface area contributed by atoms with E-state index in [1.54, 1.807) is 0 Å². The number of benzene rings is 1. The third-order valence-electron chi connectivity index (χ3n) is 3.02. The van der Waals surface area contributed by atoms with Gasteiger partial charge in [0.2, 0.25) is 0 Å². The van der Waals surface area contributed by atoms with Gasteiger partial charge in [0, 0.05) is 0 Å². The van der Waals surface area contributed by atoms with E-state index in [1.807, 2.05) is 38.1 Å². The molecule has 18 heavy (non-hydrogen) atoms. The van der Waals surface area contributed by atoms with Crippen molar-refractivity contribution >= 4 is 0 Å². The molecule has 0 saturated carbocycles. The highest BCUT2D eigenvalue weighted by atomic mass is 16.5. The number of aliphatic hydroxyl groups excluding tert-OH is 1. The average molecular weight is 250 g/mol. The van der Waals surface area contributed by atoms with Crippen molar-refractivity contribution in [3.8, 4) is 5.75 Å². The third-order valence-corrected chi connectivity index (χ3v) is 3.02. The quantitative estimate of drug-likeness (QED) is 0.780. The second-order valence-electron chi connectivity index (χ2n) is 5.38. The van der Waals surface area contributed by atoms with Gasteiger partial charge in [-0.05, 0) is 43.9 Å². The van der Waals surface area contributed by atoms with Crippen LogP contribution in [0.25, 0.3) is 0 Å². The molecule has 2 heteroatoms. The Morgan fingerprint density at radius 3 is 2.56 bits per heavy atom. The summed E-state index contributed by atoms with van der Waals surface area (Å²) < 4.78 is 5.65. The second kappa shape index (κ2) is 7.42. The van der Waals surface area contributed by atoms with Gasteiger partial charge in [0.05, 0.1) is 12.2 Å². The molecule has 2 atom stereocenters. The van der Waals surface area contributed by atoms with Crippen molar-refractivity contribution in [2.75, 3.05) is 0 Å². The van der Waals surface area contributed by atoms with Gasteiger partial charge in [-0.1, -0.05) is 38.8 Å². The van der Waals surface area contributed by atoms with E-state index in [9.17, 15) is 5.11 Å². The van der Waals surface area contributed by atoms with Crippen molar-refractivity contribution in [2.24, 2.45) is 5.92 Å². The maximum atomic E-state index is 10.2. The number of ether oxygens (including phenoxy) is 1. The van der Waals surface area contributed by atoms with Crippen LogP contribution >= 0.6 is 0 Å². The molecule has 0 bridgehead atoms. The van der Waals surface area contributed by atoms with Crippen molar-refractivity contribution < 1.29 is 9.84 Å². The van der Waals surface area contributed by atoms with Crippen LogP contribution in [-0.2, 0) is 0 Å². The van der Waals surface area contributed by atoms with E-state index < -0.39 is 0 Å². The Balaban J connectivity index is 2.64. The SMILES string of the molecule is CCCC(C)CC(O)c1cccc(OC(C)C)c1. The van der Waals surface area contributed by atoms with Crippen LogP contribution in [0.3, 0.4) is 0 Å². The van der Waals surface area contributed by atoms with E-state index in [2.05, 4.69) is 13.8 Å². The Labute approximate surface area is 111 Å². The fourth-order valence-corrected chi connectivity index (χ4v) is 2.20. The molecule has 2 nitrogen and oxygen atoms in total. The van der Waals surface area contributed by atoms with E-state index in [0.29, 0.717) is 5.92 Å². The van der Waals surface area contributed by atoms with Crippen LogP contribution in [0.2, 0.25) is 0 Å². The topological polar surface area (TPSA) is 29.5 Å². The molecule has 0 radical (unpaired) electrons. The molecule has 1 aromatic carbocycles. The first-order valence-electron chi connectivity index (χ1n) is 6.97. The standard InChI is InChI=1S/C16H26O2/c1-5-7-13(4)10-16(17)14-8-6-9-15(11-14)18-12(2)3/h6,8-9,11-13,16-17H,5,7,10H2,1-4H3. The Morgan fingerprint density at radius 1 is 1.22 bits per heavy atom. The molecule has 0 fully saturated rings. The normalized spacial score (nSPS) is 14.6. The number of hydrogen-bond donors (Lipinski definition) is 1. The highest BCUT2D eigenvalue weighted by Gasteiger charge is 2.12. The Kier molecular flexibility index (Phi) is 6.20. The predicted molar refractivity (Wildman–Crippen MR) is 75.9 cm³/mol. The van der Waals surface area contributed by atoms with Crippen LogP contribution < -0.4 is 4.74 Å². The van der Waals surface area contributed by atoms with Crippen LogP contribution in [0.5, 0.6) is 5.75 Å². The molecule has 0 amide bonds. The van der Waals surface area contributed by atoms with Gasteiger partial charge < -0.3 is 9.84 Å². The Bertz CT molecular complexity index is 347. The summed E-state index contributed by atoms with van der Waals surface area (Å²) in [5, 5.41) is 10.2. The minimum Gasteiger partial charge on any atom is -0.491 e. The minimum atomic E-state index is -0.387. The summed E-state index contributed by atoms with van der Waals surface area (Å²) in [6.45, 7) is 8.39. The zero-order chi connectivity index (χ0) is 13.5. The molecule has 0 aliphatic heterocycles. The first-order chi connectivity index (χ1) is 8.52. The van der Waals surface area contributed by atoms with E-state index in [0.717, 1.165) is 17.7 Å². The summed E-state index contributed by atoms with van der Waals surface area (Å²) >= 11 is 0. The van der Waals surface area contributed by atoms with Gasteiger partial charge in [0.25, 0.3) is 0 Å². The van der Waals surface area contributed by atoms with Crippen LogP contribution in [-0.4, -0.2) is 11.2 Å². The van der Waals surface area contributed by atoms with Gasteiger partial charge in [-0.2, -0.15) is 0 Å². The largest absolute Gasteiger partial charge is 0.491 e. The molecule has 2 unspecified atom stereocenters. The fraction of sp³-hybridized carbons (Fsp3) is 0.625. The smallest absolute Gasteiger partial charge is 0.120 e. The molecule has 1 aromatic rings. The zero-order valence-electron chi connectivity index (χ0n) is 12.0. The van der Waals surface area contributed by atoms with Gasteiger partial charge in [0.1, 0.15) is 5.75 Å². The van der Waals surface area contributed by atoms with Crippen LogP contribution in [0.15, 0.2) is 24.3 Å². The number of hydrogen-bond acceptors (Lipinski definition) is 2. The summed E-state index contributed by atoms with van der Waals surface area (Å²) in [4.78, 5) is 0. The monoisotopic (exact) mass is 250 g/mol. The fourth-order valence-electron chi connectivity index (χ4n) is 2.20. The molecule has 0 heterocycles. The van der Waals surface area contributed by atoms with Gasteiger partial charge in [-0.25, -0.2) is 0 Å². The molecule has 0 saturated heterocycles. The lowest BCUT2D eigenvalue weighted by molar-refractivity contribution is 0.144.